The Morgan fingerprint density at radius 3 is 2.74 bits per heavy atom. The van der Waals surface area contributed by atoms with Crippen LogP contribution in [0.4, 0.5) is 17.2 Å². The standard InChI is InChI=1S/C23H23N3O/c1-15-8-6-11-20(17(15)3)25-23(27)19-10-7-13-24-22(19)26-16(2)14-18-9-4-5-12-21(18)26/h4-13,16H,14H2,1-3H3,(H,25,27). The summed E-state index contributed by atoms with van der Waals surface area (Å²) in [6.07, 6.45) is 2.70. The van der Waals surface area contributed by atoms with Gasteiger partial charge in [0, 0.05) is 23.6 Å². The first kappa shape index (κ1) is 17.3. The minimum atomic E-state index is -0.136. The fraction of sp³-hybridized carbons (Fsp3) is 0.217. The molecule has 1 atom stereocenters. The molecule has 1 amide bonds. The third kappa shape index (κ3) is 3.08. The lowest BCUT2D eigenvalue weighted by Gasteiger charge is -2.25. The molecule has 0 saturated heterocycles. The Balaban J connectivity index is 1.72. The first-order valence-corrected chi connectivity index (χ1v) is 9.26. The van der Waals surface area contributed by atoms with E-state index in [0.29, 0.717) is 11.4 Å². The largest absolute Gasteiger partial charge is 0.322 e. The maximum absolute atomic E-state index is 13.1. The third-order valence-corrected chi connectivity index (χ3v) is 5.32. The lowest BCUT2D eigenvalue weighted by Crippen LogP contribution is -2.28. The van der Waals surface area contributed by atoms with Crippen LogP contribution < -0.4 is 10.2 Å². The number of aryl methyl sites for hydroxylation is 1. The van der Waals surface area contributed by atoms with E-state index in [1.807, 2.05) is 50.2 Å². The Hall–Kier alpha value is -3.14. The second-order valence-corrected chi connectivity index (χ2v) is 7.13. The summed E-state index contributed by atoms with van der Waals surface area (Å²) in [5, 5.41) is 3.06. The fourth-order valence-corrected chi connectivity index (χ4v) is 3.73. The van der Waals surface area contributed by atoms with E-state index in [-0.39, 0.29) is 11.9 Å². The SMILES string of the molecule is Cc1cccc(NC(=O)c2cccnc2N2c3ccccc3CC2C)c1C. The van der Waals surface area contributed by atoms with Crippen LogP contribution in [0.25, 0.3) is 0 Å². The molecule has 1 aliphatic heterocycles. The van der Waals surface area contributed by atoms with Gasteiger partial charge in [-0.1, -0.05) is 30.3 Å². The number of rotatable bonds is 3. The van der Waals surface area contributed by atoms with Crippen molar-refractivity contribution in [1.82, 2.24) is 4.98 Å². The van der Waals surface area contributed by atoms with Gasteiger partial charge >= 0.3 is 0 Å². The highest BCUT2D eigenvalue weighted by molar-refractivity contribution is 6.08. The minimum Gasteiger partial charge on any atom is -0.322 e. The molecule has 4 heteroatoms. The molecule has 3 aromatic rings. The van der Waals surface area contributed by atoms with E-state index < -0.39 is 0 Å². The first-order chi connectivity index (χ1) is 13.1. The van der Waals surface area contributed by atoms with Gasteiger partial charge < -0.3 is 10.2 Å². The molecule has 0 radical (unpaired) electrons. The second kappa shape index (κ2) is 6.88. The smallest absolute Gasteiger partial charge is 0.259 e. The number of carbonyl (C=O) groups is 1. The van der Waals surface area contributed by atoms with E-state index in [1.165, 1.54) is 5.56 Å². The zero-order valence-corrected chi connectivity index (χ0v) is 15.9. The van der Waals surface area contributed by atoms with Crippen molar-refractivity contribution in [2.24, 2.45) is 0 Å². The van der Waals surface area contributed by atoms with Crippen LogP contribution in [0.5, 0.6) is 0 Å². The Labute approximate surface area is 159 Å². The van der Waals surface area contributed by atoms with Gasteiger partial charge in [-0.15, -0.1) is 0 Å². The topological polar surface area (TPSA) is 45.2 Å². The van der Waals surface area contributed by atoms with Crippen LogP contribution in [-0.4, -0.2) is 16.9 Å². The molecular weight excluding hydrogens is 334 g/mol. The summed E-state index contributed by atoms with van der Waals surface area (Å²) >= 11 is 0. The molecule has 27 heavy (non-hydrogen) atoms. The third-order valence-electron chi connectivity index (χ3n) is 5.32. The molecule has 4 rings (SSSR count). The molecule has 4 nitrogen and oxygen atoms in total. The molecule has 0 aliphatic carbocycles. The monoisotopic (exact) mass is 357 g/mol. The fourth-order valence-electron chi connectivity index (χ4n) is 3.73. The summed E-state index contributed by atoms with van der Waals surface area (Å²) in [6.45, 7) is 6.23. The number of para-hydroxylation sites is 1. The highest BCUT2D eigenvalue weighted by atomic mass is 16.1. The van der Waals surface area contributed by atoms with Crippen LogP contribution in [0.1, 0.15) is 34.0 Å². The van der Waals surface area contributed by atoms with Crippen molar-refractivity contribution in [3.8, 4) is 0 Å². The highest BCUT2D eigenvalue weighted by Crippen LogP contribution is 2.38. The van der Waals surface area contributed by atoms with Crippen LogP contribution in [0, 0.1) is 13.8 Å². The van der Waals surface area contributed by atoms with Gasteiger partial charge in [-0.2, -0.15) is 0 Å². The van der Waals surface area contributed by atoms with Crippen molar-refractivity contribution >= 4 is 23.1 Å². The molecule has 1 unspecified atom stereocenters. The number of aromatic nitrogens is 1. The molecule has 0 saturated carbocycles. The van der Waals surface area contributed by atoms with Gasteiger partial charge in [0.05, 0.1) is 5.56 Å². The molecule has 1 aliphatic rings. The van der Waals surface area contributed by atoms with E-state index in [9.17, 15) is 4.79 Å². The van der Waals surface area contributed by atoms with Crippen molar-refractivity contribution in [2.45, 2.75) is 33.2 Å². The van der Waals surface area contributed by atoms with E-state index in [2.05, 4.69) is 40.3 Å². The first-order valence-electron chi connectivity index (χ1n) is 9.26. The lowest BCUT2D eigenvalue weighted by molar-refractivity contribution is 0.102. The number of carbonyl (C=O) groups excluding carboxylic acids is 1. The van der Waals surface area contributed by atoms with Gasteiger partial charge in [-0.05, 0) is 68.1 Å². The number of fused-ring (bicyclic) bond motifs is 1. The van der Waals surface area contributed by atoms with Crippen LogP contribution in [-0.2, 0) is 6.42 Å². The summed E-state index contributed by atoms with van der Waals surface area (Å²) in [7, 11) is 0. The summed E-state index contributed by atoms with van der Waals surface area (Å²) in [6, 6.07) is 18.2. The number of hydrogen-bond donors (Lipinski definition) is 1. The maximum atomic E-state index is 13.1. The maximum Gasteiger partial charge on any atom is 0.259 e. The van der Waals surface area contributed by atoms with Gasteiger partial charge in [0.25, 0.3) is 5.91 Å². The lowest BCUT2D eigenvalue weighted by atomic mass is 10.1. The van der Waals surface area contributed by atoms with Crippen molar-refractivity contribution in [1.29, 1.82) is 0 Å². The Bertz CT molecular complexity index is 1010. The molecule has 1 aromatic heterocycles. The van der Waals surface area contributed by atoms with Crippen LogP contribution >= 0.6 is 0 Å². The summed E-state index contributed by atoms with van der Waals surface area (Å²) in [4.78, 5) is 19.8. The summed E-state index contributed by atoms with van der Waals surface area (Å²) in [5.41, 5.74) is 6.07. The van der Waals surface area contributed by atoms with E-state index in [0.717, 1.165) is 28.9 Å². The van der Waals surface area contributed by atoms with Gasteiger partial charge in [-0.25, -0.2) is 4.98 Å². The number of pyridine rings is 1. The zero-order chi connectivity index (χ0) is 19.0. The average molecular weight is 357 g/mol. The quantitative estimate of drug-likeness (QED) is 0.715. The number of benzene rings is 2. The van der Waals surface area contributed by atoms with Gasteiger partial charge in [0.2, 0.25) is 0 Å². The molecule has 2 heterocycles. The van der Waals surface area contributed by atoms with E-state index in [1.54, 1.807) is 6.20 Å². The molecule has 136 valence electrons. The number of nitrogens with zero attached hydrogens (tertiary/aromatic N) is 2. The van der Waals surface area contributed by atoms with Gasteiger partial charge in [0.1, 0.15) is 5.82 Å². The zero-order valence-electron chi connectivity index (χ0n) is 15.9. The van der Waals surface area contributed by atoms with Gasteiger partial charge in [0.15, 0.2) is 0 Å². The normalized spacial score (nSPS) is 15.5. The molecule has 2 aromatic carbocycles. The number of amides is 1. The van der Waals surface area contributed by atoms with E-state index in [4.69, 9.17) is 0 Å². The second-order valence-electron chi connectivity index (χ2n) is 7.13. The van der Waals surface area contributed by atoms with Crippen molar-refractivity contribution in [3.63, 3.8) is 0 Å². The number of anilines is 3. The van der Waals surface area contributed by atoms with Gasteiger partial charge in [-0.3, -0.25) is 4.79 Å². The van der Waals surface area contributed by atoms with Crippen molar-refractivity contribution in [2.75, 3.05) is 10.2 Å². The molecule has 1 N–H and O–H groups in total. The average Bonchev–Trinajstić information content (AvgIpc) is 3.01. The van der Waals surface area contributed by atoms with Crippen LogP contribution in [0.2, 0.25) is 0 Å². The summed E-state index contributed by atoms with van der Waals surface area (Å²) in [5.74, 6) is 0.570. The number of hydrogen-bond acceptors (Lipinski definition) is 3. The predicted molar refractivity (Wildman–Crippen MR) is 110 cm³/mol. The van der Waals surface area contributed by atoms with Crippen LogP contribution in [0.15, 0.2) is 60.8 Å². The predicted octanol–water partition coefficient (Wildman–Crippen LogP) is 5.03. The van der Waals surface area contributed by atoms with E-state index >= 15 is 0 Å². The highest BCUT2D eigenvalue weighted by Gasteiger charge is 2.30. The van der Waals surface area contributed by atoms with Crippen molar-refractivity contribution in [3.05, 3.63) is 83.0 Å². The molecular formula is C23H23N3O. The van der Waals surface area contributed by atoms with Crippen LogP contribution in [0.3, 0.4) is 0 Å². The number of nitrogens with one attached hydrogen (secondary N) is 1. The Morgan fingerprint density at radius 1 is 1.07 bits per heavy atom. The molecule has 0 spiro atoms. The summed E-state index contributed by atoms with van der Waals surface area (Å²) < 4.78 is 0. The molecule has 0 bridgehead atoms. The van der Waals surface area contributed by atoms with Crippen molar-refractivity contribution < 1.29 is 4.79 Å². The Kier molecular flexibility index (Phi) is 4.40. The molecule has 0 fully saturated rings. The minimum absolute atomic E-state index is 0.136. The Morgan fingerprint density at radius 2 is 1.89 bits per heavy atom.